The van der Waals surface area contributed by atoms with E-state index >= 15 is 0 Å². The van der Waals surface area contributed by atoms with Gasteiger partial charge < -0.3 is 10.1 Å². The zero-order valence-electron chi connectivity index (χ0n) is 24.8. The number of benzene rings is 3. The summed E-state index contributed by atoms with van der Waals surface area (Å²) in [6, 6.07) is 15.5. The Kier molecular flexibility index (Phi) is 15.0. The highest BCUT2D eigenvalue weighted by Crippen LogP contribution is 2.29. The van der Waals surface area contributed by atoms with Crippen molar-refractivity contribution in [3.05, 3.63) is 75.8 Å². The van der Waals surface area contributed by atoms with Crippen molar-refractivity contribution in [3.63, 3.8) is 0 Å². The second-order valence-corrected chi connectivity index (χ2v) is 11.4. The van der Waals surface area contributed by atoms with Crippen LogP contribution in [-0.4, -0.2) is 30.5 Å². The van der Waals surface area contributed by atoms with Gasteiger partial charge in [0.1, 0.15) is 5.75 Å². The molecule has 0 fully saturated rings. The Morgan fingerprint density at radius 1 is 0.814 bits per heavy atom. The summed E-state index contributed by atoms with van der Waals surface area (Å²) >= 11 is 12.1. The van der Waals surface area contributed by atoms with Crippen LogP contribution >= 0.6 is 23.2 Å². The van der Waals surface area contributed by atoms with Gasteiger partial charge in [0.25, 0.3) is 5.91 Å². The van der Waals surface area contributed by atoms with Gasteiger partial charge in [-0.2, -0.15) is 5.10 Å². The molecular weight excluding hydrogens is 585 g/mol. The van der Waals surface area contributed by atoms with Gasteiger partial charge in [0.05, 0.1) is 23.3 Å². The molecule has 3 rings (SSSR count). The zero-order valence-corrected chi connectivity index (χ0v) is 26.3. The third-order valence-corrected chi connectivity index (χ3v) is 7.67. The van der Waals surface area contributed by atoms with Crippen molar-refractivity contribution in [3.8, 4) is 5.75 Å². The van der Waals surface area contributed by atoms with Crippen LogP contribution in [0.1, 0.15) is 99.9 Å². The lowest BCUT2D eigenvalue weighted by Gasteiger charge is -2.11. The molecule has 0 atom stereocenters. The van der Waals surface area contributed by atoms with Gasteiger partial charge >= 0.3 is 5.97 Å². The molecule has 0 aliphatic heterocycles. The van der Waals surface area contributed by atoms with Crippen molar-refractivity contribution in [2.75, 3.05) is 6.54 Å². The molecule has 0 radical (unpaired) electrons. The molecule has 0 aliphatic rings. The van der Waals surface area contributed by atoms with Crippen molar-refractivity contribution in [2.24, 2.45) is 5.10 Å². The average molecular weight is 627 g/mol. The number of unbranched alkanes of at least 4 members (excludes halogenated alkanes) is 10. The molecule has 0 saturated heterocycles. The molecule has 7 nitrogen and oxygen atoms in total. The number of rotatable bonds is 18. The third-order valence-electron chi connectivity index (χ3n) is 7.12. The van der Waals surface area contributed by atoms with Gasteiger partial charge in [0.2, 0.25) is 5.91 Å². The van der Waals surface area contributed by atoms with Gasteiger partial charge in [0, 0.05) is 17.0 Å². The highest BCUT2D eigenvalue weighted by molar-refractivity contribution is 6.36. The summed E-state index contributed by atoms with van der Waals surface area (Å²) in [5, 5.41) is 8.95. The molecule has 0 aliphatic carbocycles. The molecule has 2 amide bonds. The average Bonchev–Trinajstić information content (AvgIpc) is 2.99. The van der Waals surface area contributed by atoms with Gasteiger partial charge in [-0.25, -0.2) is 10.2 Å². The second-order valence-electron chi connectivity index (χ2n) is 10.6. The van der Waals surface area contributed by atoms with Crippen LogP contribution in [0.3, 0.4) is 0 Å². The Morgan fingerprint density at radius 2 is 1.49 bits per heavy atom. The zero-order chi connectivity index (χ0) is 30.9. The van der Waals surface area contributed by atoms with Crippen LogP contribution in [0.25, 0.3) is 10.8 Å². The van der Waals surface area contributed by atoms with Gasteiger partial charge in [-0.15, -0.1) is 0 Å². The number of halogens is 2. The maximum atomic E-state index is 12.9. The summed E-state index contributed by atoms with van der Waals surface area (Å²) < 4.78 is 5.66. The number of ether oxygens (including phenoxy) is 1. The predicted octanol–water partition coefficient (Wildman–Crippen LogP) is 8.63. The van der Waals surface area contributed by atoms with E-state index in [9.17, 15) is 14.4 Å². The second kappa shape index (κ2) is 19.0. The molecule has 9 heteroatoms. The molecule has 0 saturated carbocycles. The summed E-state index contributed by atoms with van der Waals surface area (Å²) in [5.74, 6) is -1.03. The van der Waals surface area contributed by atoms with E-state index in [1.807, 2.05) is 30.3 Å². The number of hydrazone groups is 1. The van der Waals surface area contributed by atoms with Crippen LogP contribution in [0.4, 0.5) is 0 Å². The fraction of sp³-hybridized carbons (Fsp3) is 0.412. The molecule has 0 heterocycles. The van der Waals surface area contributed by atoms with Gasteiger partial charge in [-0.3, -0.25) is 9.59 Å². The van der Waals surface area contributed by atoms with Crippen LogP contribution < -0.4 is 15.5 Å². The van der Waals surface area contributed by atoms with Crippen molar-refractivity contribution in [2.45, 2.75) is 84.0 Å². The summed E-state index contributed by atoms with van der Waals surface area (Å²) in [4.78, 5) is 37.3. The van der Waals surface area contributed by atoms with Crippen molar-refractivity contribution < 1.29 is 19.1 Å². The number of esters is 1. The maximum absolute atomic E-state index is 12.9. The standard InChI is InChI=1S/C34H41Cl2N3O4/c1-2-3-4-5-6-7-8-9-10-11-12-17-32(40)37-24-33(41)39-38-23-29-27-16-14-13-15-25(27)18-21-31(29)43-34(42)28-20-19-26(35)22-30(28)36/h13-16,18-23H,2-12,17,24H2,1H3,(H,37,40)(H,39,41)/b38-23-. The van der Waals surface area contributed by atoms with Crippen LogP contribution in [0.5, 0.6) is 5.75 Å². The largest absolute Gasteiger partial charge is 0.422 e. The van der Waals surface area contributed by atoms with E-state index in [0.29, 0.717) is 17.0 Å². The van der Waals surface area contributed by atoms with Crippen molar-refractivity contribution in [1.82, 2.24) is 10.7 Å². The minimum absolute atomic E-state index is 0.154. The summed E-state index contributed by atoms with van der Waals surface area (Å²) in [7, 11) is 0. The van der Waals surface area contributed by atoms with E-state index in [2.05, 4.69) is 22.8 Å². The Balaban J connectivity index is 1.44. The lowest BCUT2D eigenvalue weighted by atomic mass is 10.0. The molecule has 0 spiro atoms. The van der Waals surface area contributed by atoms with Crippen LogP contribution in [0.15, 0.2) is 59.7 Å². The normalized spacial score (nSPS) is 11.1. The summed E-state index contributed by atoms with van der Waals surface area (Å²) in [5.41, 5.74) is 3.09. The van der Waals surface area contributed by atoms with E-state index in [1.54, 1.807) is 12.1 Å². The number of nitrogens with zero attached hydrogens (tertiary/aromatic N) is 1. The lowest BCUT2D eigenvalue weighted by Crippen LogP contribution is -2.34. The molecule has 2 N–H and O–H groups in total. The number of fused-ring (bicyclic) bond motifs is 1. The first-order valence-electron chi connectivity index (χ1n) is 15.2. The van der Waals surface area contributed by atoms with E-state index in [1.165, 1.54) is 69.7 Å². The predicted molar refractivity (Wildman–Crippen MR) is 175 cm³/mol. The lowest BCUT2D eigenvalue weighted by molar-refractivity contribution is -0.126. The highest BCUT2D eigenvalue weighted by atomic mass is 35.5. The maximum Gasteiger partial charge on any atom is 0.345 e. The Morgan fingerprint density at radius 3 is 2.19 bits per heavy atom. The number of amides is 2. The van der Waals surface area contributed by atoms with Gasteiger partial charge in [0.15, 0.2) is 0 Å². The summed E-state index contributed by atoms with van der Waals surface area (Å²) in [6.07, 6.45) is 15.2. The summed E-state index contributed by atoms with van der Waals surface area (Å²) in [6.45, 7) is 2.05. The van der Waals surface area contributed by atoms with E-state index in [-0.39, 0.29) is 28.8 Å². The molecule has 3 aromatic carbocycles. The molecule has 0 aromatic heterocycles. The smallest absolute Gasteiger partial charge is 0.345 e. The first kappa shape index (κ1) is 34.1. The fourth-order valence-corrected chi connectivity index (χ4v) is 5.22. The molecular formula is C34H41Cl2N3O4. The van der Waals surface area contributed by atoms with Gasteiger partial charge in [-0.05, 0) is 41.5 Å². The minimum Gasteiger partial charge on any atom is -0.422 e. The van der Waals surface area contributed by atoms with Gasteiger partial charge in [-0.1, -0.05) is 125 Å². The number of hydrogen-bond acceptors (Lipinski definition) is 5. The minimum atomic E-state index is -0.656. The Bertz CT molecular complexity index is 1390. The molecule has 0 bridgehead atoms. The van der Waals surface area contributed by atoms with Crippen LogP contribution in [0.2, 0.25) is 10.0 Å². The molecule has 3 aromatic rings. The molecule has 0 unspecified atom stereocenters. The number of hydrogen-bond donors (Lipinski definition) is 2. The number of nitrogens with one attached hydrogen (secondary N) is 2. The monoisotopic (exact) mass is 625 g/mol. The van der Waals surface area contributed by atoms with Crippen molar-refractivity contribution in [1.29, 1.82) is 0 Å². The van der Waals surface area contributed by atoms with Crippen LogP contribution in [0, 0.1) is 0 Å². The Labute approximate surface area is 264 Å². The van der Waals surface area contributed by atoms with Crippen LogP contribution in [-0.2, 0) is 9.59 Å². The van der Waals surface area contributed by atoms with Crippen molar-refractivity contribution >= 4 is 58.0 Å². The Hall–Kier alpha value is -3.42. The van der Waals surface area contributed by atoms with E-state index in [4.69, 9.17) is 27.9 Å². The fourth-order valence-electron chi connectivity index (χ4n) is 4.73. The molecule has 43 heavy (non-hydrogen) atoms. The first-order valence-corrected chi connectivity index (χ1v) is 15.9. The number of carbonyl (C=O) groups is 3. The van der Waals surface area contributed by atoms with E-state index in [0.717, 1.165) is 30.0 Å². The van der Waals surface area contributed by atoms with E-state index < -0.39 is 11.9 Å². The number of carbonyl (C=O) groups excluding carboxylic acids is 3. The topological polar surface area (TPSA) is 96.9 Å². The highest BCUT2D eigenvalue weighted by Gasteiger charge is 2.16. The SMILES string of the molecule is CCCCCCCCCCCCCC(=O)NCC(=O)N/N=C\c1c(OC(=O)c2ccc(Cl)cc2Cl)ccc2ccccc12. The quantitative estimate of drug-likeness (QED) is 0.0486. The first-order chi connectivity index (χ1) is 20.9. The third kappa shape index (κ3) is 12.0. The molecule has 230 valence electrons.